The number of hydrogen-bond donors (Lipinski definition) is 2. The number of likely N-dealkylation sites (N-methyl/N-ethyl adjacent to an activating group) is 1. The van der Waals surface area contributed by atoms with Gasteiger partial charge in [-0.1, -0.05) is 0 Å². The summed E-state index contributed by atoms with van der Waals surface area (Å²) in [6.07, 6.45) is 1.76. The highest BCUT2D eigenvalue weighted by atomic mass is 32.1. The van der Waals surface area contributed by atoms with Crippen molar-refractivity contribution in [3.63, 3.8) is 0 Å². The summed E-state index contributed by atoms with van der Waals surface area (Å²) in [5, 5.41) is 8.06. The molecule has 27 heavy (non-hydrogen) atoms. The monoisotopic (exact) mass is 385 g/mol. The van der Waals surface area contributed by atoms with Crippen LogP contribution in [0.5, 0.6) is 5.75 Å². The fourth-order valence-electron chi connectivity index (χ4n) is 2.30. The zero-order valence-electron chi connectivity index (χ0n) is 14.7. The number of anilines is 1. The summed E-state index contributed by atoms with van der Waals surface area (Å²) in [6.45, 7) is 2.37. The molecule has 0 saturated carbocycles. The molecule has 0 aliphatic heterocycles. The molecule has 0 unspecified atom stereocenters. The minimum atomic E-state index is -0.174. The number of nitrogens with zero attached hydrogens (tertiary/aromatic N) is 1. The Bertz CT molecular complexity index is 888. The molecule has 7 nitrogen and oxygen atoms in total. The molecule has 0 spiro atoms. The Kier molecular flexibility index (Phi) is 6.22. The number of nitrogens with one attached hydrogen (secondary N) is 2. The van der Waals surface area contributed by atoms with Gasteiger partial charge in [0.15, 0.2) is 17.4 Å². The number of carbonyl (C=O) groups is 2. The van der Waals surface area contributed by atoms with Gasteiger partial charge in [-0.15, -0.1) is 11.3 Å². The zero-order chi connectivity index (χ0) is 19.1. The van der Waals surface area contributed by atoms with Gasteiger partial charge in [-0.25, -0.2) is 4.98 Å². The van der Waals surface area contributed by atoms with Crippen molar-refractivity contribution in [3.05, 3.63) is 53.7 Å². The Morgan fingerprint density at radius 2 is 2.00 bits per heavy atom. The molecule has 0 radical (unpaired) electrons. The standard InChI is InChI=1S/C19H19N3O4S/c1-2-20-18(24)11-26-15-7-5-13(6-8-15)21-17(23)10-14-12-27-19(22-14)16-4-3-9-25-16/h3-9,12H,2,10-11H2,1H3,(H,20,24)(H,21,23). The van der Waals surface area contributed by atoms with Crippen LogP contribution in [0.4, 0.5) is 5.69 Å². The minimum absolute atomic E-state index is 0.0403. The topological polar surface area (TPSA) is 93.5 Å². The normalized spacial score (nSPS) is 10.4. The quantitative estimate of drug-likeness (QED) is 0.621. The van der Waals surface area contributed by atoms with Crippen LogP contribution in [-0.2, 0) is 16.0 Å². The average molecular weight is 385 g/mol. The first-order chi connectivity index (χ1) is 13.1. The van der Waals surface area contributed by atoms with Crippen LogP contribution in [-0.4, -0.2) is 29.9 Å². The van der Waals surface area contributed by atoms with Crippen molar-refractivity contribution in [2.75, 3.05) is 18.5 Å². The van der Waals surface area contributed by atoms with Crippen molar-refractivity contribution in [2.45, 2.75) is 13.3 Å². The van der Waals surface area contributed by atoms with E-state index in [-0.39, 0.29) is 24.8 Å². The second-order valence-electron chi connectivity index (χ2n) is 5.61. The maximum Gasteiger partial charge on any atom is 0.257 e. The highest BCUT2D eigenvalue weighted by Gasteiger charge is 2.11. The molecule has 3 rings (SSSR count). The molecule has 1 aromatic carbocycles. The highest BCUT2D eigenvalue weighted by molar-refractivity contribution is 7.13. The van der Waals surface area contributed by atoms with Gasteiger partial charge >= 0.3 is 0 Å². The van der Waals surface area contributed by atoms with Crippen LogP contribution in [0.15, 0.2) is 52.5 Å². The van der Waals surface area contributed by atoms with Crippen LogP contribution in [0.2, 0.25) is 0 Å². The van der Waals surface area contributed by atoms with E-state index in [2.05, 4.69) is 15.6 Å². The molecule has 8 heteroatoms. The largest absolute Gasteiger partial charge is 0.484 e. The lowest BCUT2D eigenvalue weighted by atomic mass is 10.2. The third kappa shape index (κ3) is 5.42. The Labute approximate surface area is 160 Å². The average Bonchev–Trinajstić information content (AvgIpc) is 3.33. The predicted molar refractivity (Wildman–Crippen MR) is 103 cm³/mol. The maximum absolute atomic E-state index is 12.2. The van der Waals surface area contributed by atoms with Gasteiger partial charge in [0.1, 0.15) is 5.75 Å². The van der Waals surface area contributed by atoms with Gasteiger partial charge in [0.05, 0.1) is 18.4 Å². The number of carbonyl (C=O) groups excluding carboxylic acids is 2. The van der Waals surface area contributed by atoms with Crippen molar-refractivity contribution in [3.8, 4) is 16.5 Å². The number of amides is 2. The van der Waals surface area contributed by atoms with E-state index < -0.39 is 0 Å². The molecule has 3 aromatic rings. The van der Waals surface area contributed by atoms with Crippen LogP contribution >= 0.6 is 11.3 Å². The van der Waals surface area contributed by atoms with E-state index in [0.29, 0.717) is 29.4 Å². The summed E-state index contributed by atoms with van der Waals surface area (Å²) in [5.41, 5.74) is 1.33. The SMILES string of the molecule is CCNC(=O)COc1ccc(NC(=O)Cc2csc(-c3ccco3)n2)cc1. The van der Waals surface area contributed by atoms with E-state index >= 15 is 0 Å². The van der Waals surface area contributed by atoms with Crippen molar-refractivity contribution >= 4 is 28.8 Å². The molecule has 2 heterocycles. The zero-order valence-corrected chi connectivity index (χ0v) is 15.5. The summed E-state index contributed by atoms with van der Waals surface area (Å²) in [4.78, 5) is 28.0. The van der Waals surface area contributed by atoms with Crippen molar-refractivity contribution in [2.24, 2.45) is 0 Å². The molecule has 0 aliphatic carbocycles. The number of ether oxygens (including phenoxy) is 1. The van der Waals surface area contributed by atoms with Gasteiger partial charge < -0.3 is 19.8 Å². The van der Waals surface area contributed by atoms with Gasteiger partial charge in [-0.3, -0.25) is 9.59 Å². The Morgan fingerprint density at radius 1 is 1.19 bits per heavy atom. The fourth-order valence-corrected chi connectivity index (χ4v) is 3.09. The second kappa shape index (κ2) is 9.00. The van der Waals surface area contributed by atoms with Crippen LogP contribution in [0.3, 0.4) is 0 Å². The first-order valence-electron chi connectivity index (χ1n) is 8.41. The Balaban J connectivity index is 1.50. The molecular formula is C19H19N3O4S. The Hall–Kier alpha value is -3.13. The number of benzene rings is 1. The number of aromatic nitrogens is 1. The van der Waals surface area contributed by atoms with Gasteiger partial charge in [-0.05, 0) is 43.3 Å². The van der Waals surface area contributed by atoms with Crippen LogP contribution in [0.25, 0.3) is 10.8 Å². The fraction of sp³-hybridized carbons (Fsp3) is 0.211. The van der Waals surface area contributed by atoms with E-state index in [9.17, 15) is 9.59 Å². The first-order valence-corrected chi connectivity index (χ1v) is 9.29. The highest BCUT2D eigenvalue weighted by Crippen LogP contribution is 2.24. The summed E-state index contributed by atoms with van der Waals surface area (Å²) in [7, 11) is 0. The minimum Gasteiger partial charge on any atom is -0.484 e. The predicted octanol–water partition coefficient (Wildman–Crippen LogP) is 3.10. The van der Waals surface area contributed by atoms with E-state index in [1.807, 2.05) is 18.4 Å². The number of hydrogen-bond acceptors (Lipinski definition) is 6. The molecule has 2 aromatic heterocycles. The summed E-state index contributed by atoms with van der Waals surface area (Å²) >= 11 is 1.43. The lowest BCUT2D eigenvalue weighted by Crippen LogP contribution is -2.28. The molecule has 0 bridgehead atoms. The van der Waals surface area contributed by atoms with Gasteiger partial charge in [-0.2, -0.15) is 0 Å². The van der Waals surface area contributed by atoms with Crippen LogP contribution in [0, 0.1) is 0 Å². The third-order valence-electron chi connectivity index (χ3n) is 3.51. The first kappa shape index (κ1) is 18.7. The molecule has 2 amide bonds. The molecule has 0 aliphatic rings. The lowest BCUT2D eigenvalue weighted by molar-refractivity contribution is -0.123. The van der Waals surface area contributed by atoms with Gasteiger partial charge in [0.2, 0.25) is 5.91 Å². The summed E-state index contributed by atoms with van der Waals surface area (Å²) in [6, 6.07) is 10.5. The molecule has 0 saturated heterocycles. The molecule has 0 atom stereocenters. The van der Waals surface area contributed by atoms with E-state index in [1.165, 1.54) is 11.3 Å². The summed E-state index contributed by atoms with van der Waals surface area (Å²) in [5.74, 6) is 0.908. The van der Waals surface area contributed by atoms with Crippen molar-refractivity contribution in [1.82, 2.24) is 10.3 Å². The number of rotatable bonds is 8. The lowest BCUT2D eigenvalue weighted by Gasteiger charge is -2.08. The molecule has 2 N–H and O–H groups in total. The van der Waals surface area contributed by atoms with Gasteiger partial charge in [0, 0.05) is 17.6 Å². The number of furan rings is 1. The smallest absolute Gasteiger partial charge is 0.257 e. The van der Waals surface area contributed by atoms with E-state index in [1.54, 1.807) is 36.6 Å². The van der Waals surface area contributed by atoms with Crippen LogP contribution < -0.4 is 15.4 Å². The van der Waals surface area contributed by atoms with Gasteiger partial charge in [0.25, 0.3) is 5.91 Å². The van der Waals surface area contributed by atoms with Crippen LogP contribution in [0.1, 0.15) is 12.6 Å². The van der Waals surface area contributed by atoms with E-state index in [0.717, 1.165) is 5.01 Å². The molecule has 140 valence electrons. The maximum atomic E-state index is 12.2. The van der Waals surface area contributed by atoms with Crippen molar-refractivity contribution < 1.29 is 18.7 Å². The van der Waals surface area contributed by atoms with E-state index in [4.69, 9.17) is 9.15 Å². The number of thiazole rings is 1. The second-order valence-corrected chi connectivity index (χ2v) is 6.47. The molecular weight excluding hydrogens is 366 g/mol. The summed E-state index contributed by atoms with van der Waals surface area (Å²) < 4.78 is 10.7. The Morgan fingerprint density at radius 3 is 2.70 bits per heavy atom. The van der Waals surface area contributed by atoms with Crippen molar-refractivity contribution in [1.29, 1.82) is 0 Å². The third-order valence-corrected chi connectivity index (χ3v) is 4.41. The molecule has 0 fully saturated rings.